The van der Waals surface area contributed by atoms with Gasteiger partial charge in [-0.05, 0) is 24.0 Å². The van der Waals surface area contributed by atoms with Crippen molar-refractivity contribution in [3.05, 3.63) is 35.4 Å². The lowest BCUT2D eigenvalue weighted by Gasteiger charge is -2.16. The number of nitrogens with one attached hydrogen (secondary N) is 1. The predicted molar refractivity (Wildman–Crippen MR) is 63.1 cm³/mol. The summed E-state index contributed by atoms with van der Waals surface area (Å²) < 4.78 is 5.06. The van der Waals surface area contributed by atoms with Gasteiger partial charge in [-0.25, -0.2) is 0 Å². The summed E-state index contributed by atoms with van der Waals surface area (Å²) in [5.41, 5.74) is 2.31. The topological polar surface area (TPSA) is 41.5 Å². The fourth-order valence-corrected chi connectivity index (χ4v) is 1.80. The van der Waals surface area contributed by atoms with Crippen LogP contribution in [0.3, 0.4) is 0 Å². The van der Waals surface area contributed by atoms with Crippen molar-refractivity contribution < 1.29 is 9.84 Å². The molecule has 88 valence electrons. The molecule has 1 saturated carbocycles. The third kappa shape index (κ3) is 3.04. The molecule has 1 unspecified atom stereocenters. The molecule has 1 aromatic carbocycles. The Hall–Kier alpha value is -0.900. The number of rotatable bonds is 6. The third-order valence-corrected chi connectivity index (χ3v) is 2.89. The van der Waals surface area contributed by atoms with E-state index in [0.717, 1.165) is 11.1 Å². The lowest BCUT2D eigenvalue weighted by molar-refractivity contribution is 0.185. The Morgan fingerprint density at radius 2 is 2.06 bits per heavy atom. The summed E-state index contributed by atoms with van der Waals surface area (Å²) in [6.07, 6.45) is 2.47. The molecule has 1 aliphatic rings. The first-order valence-corrected chi connectivity index (χ1v) is 5.78. The van der Waals surface area contributed by atoms with Crippen LogP contribution < -0.4 is 5.32 Å². The smallest absolute Gasteiger partial charge is 0.0713 e. The van der Waals surface area contributed by atoms with Gasteiger partial charge in [-0.3, -0.25) is 0 Å². The van der Waals surface area contributed by atoms with Crippen molar-refractivity contribution in [2.75, 3.05) is 13.7 Å². The number of benzene rings is 1. The zero-order chi connectivity index (χ0) is 11.4. The summed E-state index contributed by atoms with van der Waals surface area (Å²) in [4.78, 5) is 0. The fourth-order valence-electron chi connectivity index (χ4n) is 1.80. The van der Waals surface area contributed by atoms with Crippen molar-refractivity contribution >= 4 is 0 Å². The van der Waals surface area contributed by atoms with E-state index in [2.05, 4.69) is 29.6 Å². The first-order chi connectivity index (χ1) is 7.83. The van der Waals surface area contributed by atoms with E-state index in [9.17, 15) is 5.11 Å². The van der Waals surface area contributed by atoms with Gasteiger partial charge in [-0.1, -0.05) is 24.3 Å². The molecule has 0 aliphatic heterocycles. The van der Waals surface area contributed by atoms with Gasteiger partial charge in [-0.2, -0.15) is 0 Å². The molecule has 2 rings (SSSR count). The highest BCUT2D eigenvalue weighted by molar-refractivity contribution is 5.25. The molecule has 1 atom stereocenters. The van der Waals surface area contributed by atoms with Crippen LogP contribution in [0.4, 0.5) is 0 Å². The van der Waals surface area contributed by atoms with Gasteiger partial charge in [-0.15, -0.1) is 0 Å². The molecule has 3 heteroatoms. The Balaban J connectivity index is 1.99. The van der Waals surface area contributed by atoms with Crippen molar-refractivity contribution in [2.45, 2.75) is 31.5 Å². The maximum atomic E-state index is 9.34. The number of aliphatic hydroxyl groups is 1. The van der Waals surface area contributed by atoms with Gasteiger partial charge in [0, 0.05) is 13.2 Å². The number of hydrogen-bond acceptors (Lipinski definition) is 3. The number of hydrogen-bond donors (Lipinski definition) is 2. The Labute approximate surface area is 96.4 Å². The van der Waals surface area contributed by atoms with Crippen molar-refractivity contribution in [1.29, 1.82) is 0 Å². The van der Waals surface area contributed by atoms with Gasteiger partial charge >= 0.3 is 0 Å². The van der Waals surface area contributed by atoms with Crippen LogP contribution >= 0.6 is 0 Å². The van der Waals surface area contributed by atoms with Gasteiger partial charge in [0.25, 0.3) is 0 Å². The largest absolute Gasteiger partial charge is 0.394 e. The van der Waals surface area contributed by atoms with E-state index in [-0.39, 0.29) is 12.6 Å². The third-order valence-electron chi connectivity index (χ3n) is 2.89. The van der Waals surface area contributed by atoms with Gasteiger partial charge in [0.1, 0.15) is 0 Å². The molecule has 0 saturated heterocycles. The first-order valence-electron chi connectivity index (χ1n) is 5.78. The lowest BCUT2D eigenvalue weighted by atomic mass is 10.1. The molecular weight excluding hydrogens is 202 g/mol. The standard InChI is InChI=1S/C13H19NO2/c1-16-9-10-2-4-11(5-3-10)13(8-15)14-12-6-7-12/h2-5,12-15H,6-9H2,1H3. The lowest BCUT2D eigenvalue weighted by Crippen LogP contribution is -2.26. The van der Waals surface area contributed by atoms with E-state index in [4.69, 9.17) is 4.74 Å². The maximum absolute atomic E-state index is 9.34. The summed E-state index contributed by atoms with van der Waals surface area (Å²) in [5.74, 6) is 0. The Kier molecular flexibility index (Phi) is 3.93. The van der Waals surface area contributed by atoms with Crippen LogP contribution in [0.1, 0.15) is 30.0 Å². The SMILES string of the molecule is COCc1ccc(C(CO)NC2CC2)cc1. The van der Waals surface area contributed by atoms with Crippen LogP contribution in [0.25, 0.3) is 0 Å². The normalized spacial score (nSPS) is 17.4. The summed E-state index contributed by atoms with van der Waals surface area (Å²) >= 11 is 0. The minimum Gasteiger partial charge on any atom is -0.394 e. The van der Waals surface area contributed by atoms with Crippen molar-refractivity contribution in [1.82, 2.24) is 5.32 Å². The van der Waals surface area contributed by atoms with Crippen molar-refractivity contribution in [2.24, 2.45) is 0 Å². The van der Waals surface area contributed by atoms with Gasteiger partial charge < -0.3 is 15.2 Å². The average Bonchev–Trinajstić information content (AvgIpc) is 3.11. The Morgan fingerprint density at radius 1 is 1.38 bits per heavy atom. The molecular formula is C13H19NO2. The highest BCUT2D eigenvalue weighted by Gasteiger charge is 2.24. The molecule has 0 aromatic heterocycles. The van der Waals surface area contributed by atoms with Crippen LogP contribution in [-0.4, -0.2) is 24.9 Å². The minimum absolute atomic E-state index is 0.0732. The zero-order valence-electron chi connectivity index (χ0n) is 9.65. The highest BCUT2D eigenvalue weighted by Crippen LogP contribution is 2.24. The minimum atomic E-state index is 0.0732. The molecule has 3 nitrogen and oxygen atoms in total. The second-order valence-electron chi connectivity index (χ2n) is 4.35. The van der Waals surface area contributed by atoms with Gasteiger partial charge in [0.05, 0.1) is 19.3 Å². The van der Waals surface area contributed by atoms with Gasteiger partial charge in [0.15, 0.2) is 0 Å². The van der Waals surface area contributed by atoms with Crippen LogP contribution in [0.15, 0.2) is 24.3 Å². The summed E-state index contributed by atoms with van der Waals surface area (Å²) in [6, 6.07) is 8.90. The quantitative estimate of drug-likeness (QED) is 0.767. The van der Waals surface area contributed by atoms with E-state index in [1.165, 1.54) is 12.8 Å². The molecule has 0 bridgehead atoms. The van der Waals surface area contributed by atoms with Crippen LogP contribution in [-0.2, 0) is 11.3 Å². The van der Waals surface area contributed by atoms with Crippen LogP contribution in [0.2, 0.25) is 0 Å². The van der Waals surface area contributed by atoms with Gasteiger partial charge in [0.2, 0.25) is 0 Å². The maximum Gasteiger partial charge on any atom is 0.0713 e. The van der Waals surface area contributed by atoms with Crippen molar-refractivity contribution in [3.8, 4) is 0 Å². The Morgan fingerprint density at radius 3 is 2.56 bits per heavy atom. The van der Waals surface area contributed by atoms with E-state index in [0.29, 0.717) is 12.6 Å². The zero-order valence-corrected chi connectivity index (χ0v) is 9.65. The molecule has 1 aliphatic carbocycles. The average molecular weight is 221 g/mol. The number of aliphatic hydroxyl groups excluding tert-OH is 1. The Bertz CT molecular complexity index is 319. The first kappa shape index (κ1) is 11.6. The second-order valence-corrected chi connectivity index (χ2v) is 4.35. The number of methoxy groups -OCH3 is 1. The molecule has 0 spiro atoms. The highest BCUT2D eigenvalue weighted by atomic mass is 16.5. The molecule has 0 amide bonds. The molecule has 1 aromatic rings. The predicted octanol–water partition coefficient (Wildman–Crippen LogP) is 1.62. The van der Waals surface area contributed by atoms with E-state index in [1.54, 1.807) is 7.11 Å². The molecule has 2 N–H and O–H groups in total. The van der Waals surface area contributed by atoms with E-state index < -0.39 is 0 Å². The van der Waals surface area contributed by atoms with E-state index >= 15 is 0 Å². The fraction of sp³-hybridized carbons (Fsp3) is 0.538. The van der Waals surface area contributed by atoms with Crippen LogP contribution in [0.5, 0.6) is 0 Å². The molecule has 0 heterocycles. The van der Waals surface area contributed by atoms with Crippen molar-refractivity contribution in [3.63, 3.8) is 0 Å². The summed E-state index contributed by atoms with van der Waals surface area (Å²) in [5, 5.41) is 12.8. The monoisotopic (exact) mass is 221 g/mol. The molecule has 1 fully saturated rings. The summed E-state index contributed by atoms with van der Waals surface area (Å²) in [6.45, 7) is 0.792. The van der Waals surface area contributed by atoms with E-state index in [1.807, 2.05) is 0 Å². The second kappa shape index (κ2) is 5.43. The number of ether oxygens (including phenoxy) is 1. The summed E-state index contributed by atoms with van der Waals surface area (Å²) in [7, 11) is 1.69. The van der Waals surface area contributed by atoms with Crippen LogP contribution in [0, 0.1) is 0 Å². The molecule has 0 radical (unpaired) electrons. The molecule has 16 heavy (non-hydrogen) atoms.